The number of sulfonamides is 1. The number of imide groups is 1. The average molecular weight is 651 g/mol. The molecule has 0 saturated heterocycles. The lowest BCUT2D eigenvalue weighted by Crippen LogP contribution is -2.29. The molecule has 0 fully saturated rings. The lowest BCUT2D eigenvalue weighted by molar-refractivity contribution is 0.0443. The SMILES string of the molecule is CNS(=O)(=O)c1ccc(N)cc1.Cc1ccc(N2C(=O)c3ccccc3C2=O)cc1.N=S(=O)=O.O=C1OC(=O)c2ccccc21. The van der Waals surface area contributed by atoms with Gasteiger partial charge < -0.3 is 10.5 Å². The van der Waals surface area contributed by atoms with Gasteiger partial charge in [0.05, 0.1) is 32.8 Å². The maximum Gasteiger partial charge on any atom is 0.346 e. The molecule has 2 heterocycles. The summed E-state index contributed by atoms with van der Waals surface area (Å²) in [6.45, 7) is 1.96. The van der Waals surface area contributed by atoms with E-state index in [9.17, 15) is 27.6 Å². The van der Waals surface area contributed by atoms with E-state index in [-0.39, 0.29) is 16.7 Å². The molecule has 0 aromatic heterocycles. The van der Waals surface area contributed by atoms with Crippen LogP contribution in [-0.4, -0.2) is 47.6 Å². The fourth-order valence-electron chi connectivity index (χ4n) is 3.92. The summed E-state index contributed by atoms with van der Waals surface area (Å²) in [6, 6.07) is 26.8. The molecule has 4 N–H and O–H groups in total. The molecule has 15 heteroatoms. The predicted octanol–water partition coefficient (Wildman–Crippen LogP) is 3.60. The molecule has 0 unspecified atom stereocenters. The number of hydrogen-bond acceptors (Lipinski definition) is 11. The van der Waals surface area contributed by atoms with Gasteiger partial charge in [0.2, 0.25) is 10.0 Å². The first-order valence-electron chi connectivity index (χ1n) is 12.8. The van der Waals surface area contributed by atoms with Crippen LogP contribution in [0.1, 0.15) is 47.0 Å². The van der Waals surface area contributed by atoms with Crippen molar-refractivity contribution in [3.63, 3.8) is 0 Å². The Morgan fingerprint density at radius 1 is 0.711 bits per heavy atom. The van der Waals surface area contributed by atoms with Crippen molar-refractivity contribution in [3.05, 3.63) is 125 Å². The number of carbonyl (C=O) groups is 4. The molecule has 0 bridgehead atoms. The van der Waals surface area contributed by atoms with Crippen molar-refractivity contribution in [3.8, 4) is 0 Å². The van der Waals surface area contributed by atoms with Crippen LogP contribution in [0.2, 0.25) is 0 Å². The Kier molecular flexibility index (Phi) is 11.2. The van der Waals surface area contributed by atoms with Crippen molar-refractivity contribution in [1.82, 2.24) is 4.72 Å². The minimum atomic E-state index is -3.32. The summed E-state index contributed by atoms with van der Waals surface area (Å²) in [4.78, 5) is 47.5. The van der Waals surface area contributed by atoms with Crippen molar-refractivity contribution in [1.29, 1.82) is 4.78 Å². The number of carbonyl (C=O) groups excluding carboxylic acids is 4. The van der Waals surface area contributed by atoms with E-state index in [2.05, 4.69) is 9.46 Å². The number of hydrogen-bond donors (Lipinski definition) is 3. The largest absolute Gasteiger partial charge is 0.399 e. The van der Waals surface area contributed by atoms with Crippen LogP contribution in [0.4, 0.5) is 11.4 Å². The van der Waals surface area contributed by atoms with Crippen LogP contribution in [0.3, 0.4) is 0 Å². The second-order valence-corrected chi connectivity index (χ2v) is 11.4. The summed E-state index contributed by atoms with van der Waals surface area (Å²) >= 11 is 0. The number of anilines is 2. The van der Waals surface area contributed by atoms with Crippen molar-refractivity contribution in [2.24, 2.45) is 0 Å². The van der Waals surface area contributed by atoms with E-state index in [0.29, 0.717) is 33.6 Å². The molecule has 0 atom stereocenters. The van der Waals surface area contributed by atoms with E-state index < -0.39 is 32.5 Å². The van der Waals surface area contributed by atoms with Gasteiger partial charge in [-0.05, 0) is 74.6 Å². The predicted molar refractivity (Wildman–Crippen MR) is 164 cm³/mol. The van der Waals surface area contributed by atoms with Crippen LogP contribution in [0.25, 0.3) is 0 Å². The number of nitrogen functional groups attached to an aromatic ring is 1. The summed E-state index contributed by atoms with van der Waals surface area (Å²) in [5.74, 6) is -1.60. The molecular weight excluding hydrogens is 624 g/mol. The maximum atomic E-state index is 12.2. The number of rotatable bonds is 3. The minimum absolute atomic E-state index is 0.221. The summed E-state index contributed by atoms with van der Waals surface area (Å²) in [5, 5.41) is 0. The van der Waals surface area contributed by atoms with Gasteiger partial charge in [0.25, 0.3) is 11.8 Å². The van der Waals surface area contributed by atoms with Crippen LogP contribution in [-0.2, 0) is 25.3 Å². The number of esters is 2. The van der Waals surface area contributed by atoms with Crippen LogP contribution in [0, 0.1) is 11.7 Å². The van der Waals surface area contributed by atoms with E-state index in [1.54, 1.807) is 72.8 Å². The molecule has 6 rings (SSSR count). The highest BCUT2D eigenvalue weighted by molar-refractivity contribution is 7.89. The highest BCUT2D eigenvalue weighted by Crippen LogP contribution is 2.28. The normalized spacial score (nSPS) is 12.7. The Bertz CT molecular complexity index is 1900. The molecular formula is C30H26N4O9S2. The Labute approximate surface area is 259 Å². The smallest absolute Gasteiger partial charge is 0.346 e. The van der Waals surface area contributed by atoms with Crippen LogP contribution in [0.5, 0.6) is 0 Å². The second kappa shape index (κ2) is 14.8. The molecule has 4 aromatic rings. The Morgan fingerprint density at radius 2 is 1.11 bits per heavy atom. The highest BCUT2D eigenvalue weighted by atomic mass is 32.2. The highest BCUT2D eigenvalue weighted by Gasteiger charge is 2.36. The fourth-order valence-corrected chi connectivity index (χ4v) is 4.65. The third-order valence-corrected chi connectivity index (χ3v) is 7.53. The van der Waals surface area contributed by atoms with Gasteiger partial charge in [-0.15, -0.1) is 0 Å². The first kappa shape index (κ1) is 34.0. The van der Waals surface area contributed by atoms with Gasteiger partial charge in [-0.3, -0.25) is 9.59 Å². The Morgan fingerprint density at radius 3 is 1.51 bits per heavy atom. The van der Waals surface area contributed by atoms with Gasteiger partial charge in [0, 0.05) is 5.69 Å². The van der Waals surface area contributed by atoms with Gasteiger partial charge in [0.1, 0.15) is 0 Å². The van der Waals surface area contributed by atoms with Crippen LogP contribution in [0.15, 0.2) is 102 Å². The quantitative estimate of drug-likeness (QED) is 0.127. The number of aryl methyl sites for hydroxylation is 1. The molecule has 13 nitrogen and oxygen atoms in total. The van der Waals surface area contributed by atoms with Crippen molar-refractivity contribution in [2.75, 3.05) is 17.7 Å². The van der Waals surface area contributed by atoms with Crippen LogP contribution >= 0.6 is 0 Å². The number of fused-ring (bicyclic) bond motifs is 2. The zero-order chi connectivity index (χ0) is 33.3. The summed E-state index contributed by atoms with van der Waals surface area (Å²) < 4.78 is 51.7. The number of nitrogens with zero attached hydrogens (tertiary/aromatic N) is 1. The van der Waals surface area contributed by atoms with Gasteiger partial charge in [-0.1, -0.05) is 42.0 Å². The molecule has 2 amide bonds. The molecule has 0 saturated carbocycles. The lowest BCUT2D eigenvalue weighted by atomic mass is 10.1. The first-order valence-corrected chi connectivity index (χ1v) is 15.3. The van der Waals surface area contributed by atoms with Gasteiger partial charge in [-0.25, -0.2) is 27.6 Å². The number of benzene rings is 4. The Hall–Kier alpha value is -5.51. The minimum Gasteiger partial charge on any atom is -0.399 e. The molecule has 232 valence electrons. The van der Waals surface area contributed by atoms with E-state index in [1.165, 1.54) is 24.1 Å². The van der Waals surface area contributed by atoms with Gasteiger partial charge in [-0.2, -0.15) is 13.2 Å². The Balaban J connectivity index is 0.000000180. The van der Waals surface area contributed by atoms with Crippen molar-refractivity contribution < 1.29 is 40.8 Å². The molecule has 2 aliphatic heterocycles. The van der Waals surface area contributed by atoms with E-state index >= 15 is 0 Å². The third kappa shape index (κ3) is 8.54. The fraction of sp³-hybridized carbons (Fsp3) is 0.0667. The number of ether oxygens (including phenoxy) is 1. The molecule has 45 heavy (non-hydrogen) atoms. The topological polar surface area (TPSA) is 211 Å². The summed E-state index contributed by atoms with van der Waals surface area (Å²) in [7, 11) is -4.56. The first-order chi connectivity index (χ1) is 21.3. The standard InChI is InChI=1S/C15H11NO2.C8H4O3.C7H10N2O2S.HNO2S/c1-10-6-8-11(9-7-10)16-14(17)12-4-2-3-5-13(12)15(16)18;9-7-5-3-1-2-4-6(5)8(10)11-7;1-9-12(10,11)7-4-2-6(8)3-5-7;1-4(2)3/h2-9H,1H3;1-4H;2-5,9H,8H2,1H3;1H. The maximum absolute atomic E-state index is 12.2. The molecule has 0 spiro atoms. The third-order valence-electron chi connectivity index (χ3n) is 6.10. The molecule has 0 aliphatic carbocycles. The average Bonchev–Trinajstić information content (AvgIpc) is 3.45. The zero-order valence-electron chi connectivity index (χ0n) is 23.8. The van der Waals surface area contributed by atoms with Crippen molar-refractivity contribution in [2.45, 2.75) is 11.8 Å². The molecule has 2 aliphatic rings. The zero-order valence-corrected chi connectivity index (χ0v) is 25.4. The van der Waals surface area contributed by atoms with Gasteiger partial charge >= 0.3 is 22.4 Å². The van der Waals surface area contributed by atoms with E-state index in [0.717, 1.165) is 5.56 Å². The molecule has 0 radical (unpaired) electrons. The van der Waals surface area contributed by atoms with Crippen LogP contribution < -0.4 is 15.4 Å². The van der Waals surface area contributed by atoms with E-state index in [1.807, 2.05) is 19.1 Å². The lowest BCUT2D eigenvalue weighted by Gasteiger charge is -2.13. The van der Waals surface area contributed by atoms with Gasteiger partial charge in [0.15, 0.2) is 0 Å². The monoisotopic (exact) mass is 650 g/mol. The second-order valence-electron chi connectivity index (χ2n) is 9.06. The number of nitrogens with one attached hydrogen (secondary N) is 2. The number of cyclic esters (lactones) is 2. The molecule has 4 aromatic carbocycles. The van der Waals surface area contributed by atoms with E-state index in [4.69, 9.17) is 18.9 Å². The summed E-state index contributed by atoms with van der Waals surface area (Å²) in [6.07, 6.45) is 0. The number of nitrogens with two attached hydrogens (primary N) is 1. The van der Waals surface area contributed by atoms with Crippen molar-refractivity contribution >= 4 is 55.7 Å². The number of amides is 2. The summed E-state index contributed by atoms with van der Waals surface area (Å²) in [5.41, 5.74) is 9.32.